The Labute approximate surface area is 143 Å². The van der Waals surface area contributed by atoms with Gasteiger partial charge in [0.1, 0.15) is 17.2 Å². The van der Waals surface area contributed by atoms with E-state index in [1.165, 1.54) is 12.1 Å². The summed E-state index contributed by atoms with van der Waals surface area (Å²) in [6.07, 6.45) is 1.10. The van der Waals surface area contributed by atoms with Crippen molar-refractivity contribution in [1.82, 2.24) is 5.32 Å². The maximum Gasteiger partial charge on any atom is 0.408 e. The van der Waals surface area contributed by atoms with E-state index in [0.29, 0.717) is 17.9 Å². The van der Waals surface area contributed by atoms with E-state index in [9.17, 15) is 9.18 Å². The van der Waals surface area contributed by atoms with Crippen LogP contribution in [0.4, 0.5) is 9.18 Å². The summed E-state index contributed by atoms with van der Waals surface area (Å²) in [6.45, 7) is 9.54. The van der Waals surface area contributed by atoms with Crippen molar-refractivity contribution >= 4 is 6.09 Å². The minimum Gasteiger partial charge on any atom is -0.493 e. The zero-order chi connectivity index (χ0) is 18.3. The van der Waals surface area contributed by atoms with Crippen LogP contribution in [0.2, 0.25) is 0 Å². The summed E-state index contributed by atoms with van der Waals surface area (Å²) in [5, 5.41) is 2.70. The average molecular weight is 340 g/mol. The second kappa shape index (κ2) is 8.87. The van der Waals surface area contributed by atoms with Gasteiger partial charge in [-0.15, -0.1) is 0 Å². The van der Waals surface area contributed by atoms with Crippen molar-refractivity contribution < 1.29 is 18.7 Å². The summed E-state index contributed by atoms with van der Waals surface area (Å²) in [7, 11) is 0. The summed E-state index contributed by atoms with van der Waals surface area (Å²) in [5.74, 6) is 0.162. The smallest absolute Gasteiger partial charge is 0.408 e. The molecule has 2 unspecified atom stereocenters. The van der Waals surface area contributed by atoms with Crippen LogP contribution in [0, 0.1) is 5.82 Å². The number of ether oxygens (including phenoxy) is 2. The largest absolute Gasteiger partial charge is 0.493 e. The molecule has 0 heterocycles. The van der Waals surface area contributed by atoms with Gasteiger partial charge >= 0.3 is 6.09 Å². The van der Waals surface area contributed by atoms with Gasteiger partial charge in [0.25, 0.3) is 0 Å². The Kier molecular flexibility index (Phi) is 7.48. The van der Waals surface area contributed by atoms with Crippen molar-refractivity contribution in [2.75, 3.05) is 6.61 Å². The quantitative estimate of drug-likeness (QED) is 0.738. The second-order valence-electron chi connectivity index (χ2n) is 7.02. The van der Waals surface area contributed by atoms with Gasteiger partial charge in [-0.25, -0.2) is 9.18 Å². The summed E-state index contributed by atoms with van der Waals surface area (Å²) < 4.78 is 24.6. The lowest BCUT2D eigenvalue weighted by Gasteiger charge is -2.23. The van der Waals surface area contributed by atoms with Crippen molar-refractivity contribution in [3.63, 3.8) is 0 Å². The first-order valence-electron chi connectivity index (χ1n) is 8.26. The standard InChI is InChI=1S/C18H29FN2O3/c1-12(20)7-6-10-23-16-9-8-14(19)11-15(16)13(2)21-17(22)24-18(3,4)5/h8-9,11-13H,6-7,10,20H2,1-5H3,(H,21,22). The SMILES string of the molecule is CC(N)CCCOc1ccc(F)cc1C(C)NC(=O)OC(C)(C)C. The Bertz CT molecular complexity index is 542. The fraction of sp³-hybridized carbons (Fsp3) is 0.611. The number of nitrogens with two attached hydrogens (primary N) is 1. The molecule has 0 aromatic heterocycles. The van der Waals surface area contributed by atoms with Crippen molar-refractivity contribution in [2.24, 2.45) is 5.73 Å². The van der Waals surface area contributed by atoms with Crippen LogP contribution in [0.5, 0.6) is 5.75 Å². The fourth-order valence-electron chi connectivity index (χ4n) is 2.14. The lowest BCUT2D eigenvalue weighted by Crippen LogP contribution is -2.34. The predicted octanol–water partition coefficient (Wildman–Crippen LogP) is 3.92. The number of rotatable bonds is 7. The van der Waals surface area contributed by atoms with Gasteiger partial charge in [0.15, 0.2) is 0 Å². The van der Waals surface area contributed by atoms with Gasteiger partial charge in [0.05, 0.1) is 12.6 Å². The van der Waals surface area contributed by atoms with Crippen LogP contribution >= 0.6 is 0 Å². The molecule has 0 saturated heterocycles. The number of carbonyl (C=O) groups is 1. The molecule has 5 nitrogen and oxygen atoms in total. The molecule has 0 spiro atoms. The maximum atomic E-state index is 13.6. The van der Waals surface area contributed by atoms with Gasteiger partial charge in [-0.05, 0) is 65.7 Å². The van der Waals surface area contributed by atoms with Crippen molar-refractivity contribution in [2.45, 2.75) is 65.1 Å². The Morgan fingerprint density at radius 3 is 2.58 bits per heavy atom. The molecule has 0 aliphatic carbocycles. The number of nitrogens with one attached hydrogen (secondary N) is 1. The van der Waals surface area contributed by atoms with Gasteiger partial charge in [0, 0.05) is 11.6 Å². The number of halogens is 1. The van der Waals surface area contributed by atoms with Crippen molar-refractivity contribution in [3.8, 4) is 5.75 Å². The highest BCUT2D eigenvalue weighted by molar-refractivity contribution is 5.68. The molecule has 2 atom stereocenters. The molecule has 0 bridgehead atoms. The highest BCUT2D eigenvalue weighted by Gasteiger charge is 2.20. The maximum absolute atomic E-state index is 13.6. The zero-order valence-corrected chi connectivity index (χ0v) is 15.2. The van der Waals surface area contributed by atoms with Crippen LogP contribution < -0.4 is 15.8 Å². The molecule has 3 N–H and O–H groups in total. The Morgan fingerprint density at radius 1 is 1.33 bits per heavy atom. The molecular formula is C18H29FN2O3. The third kappa shape index (κ3) is 7.64. The molecular weight excluding hydrogens is 311 g/mol. The minimum absolute atomic E-state index is 0.119. The van der Waals surface area contributed by atoms with E-state index in [0.717, 1.165) is 12.8 Å². The Balaban J connectivity index is 2.73. The van der Waals surface area contributed by atoms with Crippen LogP contribution in [-0.2, 0) is 4.74 Å². The summed E-state index contributed by atoms with van der Waals surface area (Å²) in [5.41, 5.74) is 5.69. The summed E-state index contributed by atoms with van der Waals surface area (Å²) in [6, 6.07) is 3.95. The molecule has 24 heavy (non-hydrogen) atoms. The molecule has 0 saturated carbocycles. The van der Waals surface area contributed by atoms with Gasteiger partial charge in [-0.2, -0.15) is 0 Å². The van der Waals surface area contributed by atoms with Crippen molar-refractivity contribution in [3.05, 3.63) is 29.6 Å². The first kappa shape index (κ1) is 20.2. The molecule has 0 aliphatic heterocycles. The van der Waals surface area contributed by atoms with E-state index < -0.39 is 17.7 Å². The van der Waals surface area contributed by atoms with E-state index in [1.807, 2.05) is 6.92 Å². The van der Waals surface area contributed by atoms with Crippen molar-refractivity contribution in [1.29, 1.82) is 0 Å². The number of benzene rings is 1. The first-order chi connectivity index (χ1) is 11.1. The van der Waals surface area contributed by atoms with Gasteiger partial charge < -0.3 is 20.5 Å². The Hall–Kier alpha value is -1.82. The van der Waals surface area contributed by atoms with E-state index in [1.54, 1.807) is 33.8 Å². The molecule has 0 fully saturated rings. The number of amides is 1. The van der Waals surface area contributed by atoms with E-state index >= 15 is 0 Å². The average Bonchev–Trinajstić information content (AvgIpc) is 2.42. The van der Waals surface area contributed by atoms with E-state index in [4.69, 9.17) is 15.2 Å². The number of alkyl carbamates (subject to hydrolysis) is 1. The topological polar surface area (TPSA) is 73.6 Å². The van der Waals surface area contributed by atoms with Crippen LogP contribution in [0.3, 0.4) is 0 Å². The monoisotopic (exact) mass is 340 g/mol. The van der Waals surface area contributed by atoms with Gasteiger partial charge in [-0.1, -0.05) is 0 Å². The molecule has 0 aliphatic rings. The minimum atomic E-state index is -0.593. The summed E-state index contributed by atoms with van der Waals surface area (Å²) in [4.78, 5) is 11.9. The third-order valence-corrected chi connectivity index (χ3v) is 3.23. The highest BCUT2D eigenvalue weighted by Crippen LogP contribution is 2.26. The number of carbonyl (C=O) groups excluding carboxylic acids is 1. The van der Waals surface area contributed by atoms with Crippen LogP contribution in [0.25, 0.3) is 0 Å². The molecule has 1 amide bonds. The van der Waals surface area contributed by atoms with Gasteiger partial charge in [0.2, 0.25) is 0 Å². The first-order valence-corrected chi connectivity index (χ1v) is 8.26. The van der Waals surface area contributed by atoms with Crippen LogP contribution in [0.15, 0.2) is 18.2 Å². The normalized spacial score (nSPS) is 14.0. The molecule has 1 aromatic carbocycles. The molecule has 1 aromatic rings. The lowest BCUT2D eigenvalue weighted by atomic mass is 10.1. The molecule has 0 radical (unpaired) electrons. The zero-order valence-electron chi connectivity index (χ0n) is 15.2. The summed E-state index contributed by atoms with van der Waals surface area (Å²) >= 11 is 0. The lowest BCUT2D eigenvalue weighted by molar-refractivity contribution is 0.0507. The third-order valence-electron chi connectivity index (χ3n) is 3.23. The van der Waals surface area contributed by atoms with Crippen LogP contribution in [-0.4, -0.2) is 24.3 Å². The van der Waals surface area contributed by atoms with E-state index in [2.05, 4.69) is 5.32 Å². The molecule has 1 rings (SSSR count). The number of hydrogen-bond acceptors (Lipinski definition) is 4. The van der Waals surface area contributed by atoms with E-state index in [-0.39, 0.29) is 11.9 Å². The van der Waals surface area contributed by atoms with Gasteiger partial charge in [-0.3, -0.25) is 0 Å². The molecule has 6 heteroatoms. The number of hydrogen-bond donors (Lipinski definition) is 2. The van der Waals surface area contributed by atoms with Crippen LogP contribution in [0.1, 0.15) is 59.1 Å². The fourth-order valence-corrected chi connectivity index (χ4v) is 2.14. The molecule has 136 valence electrons. The predicted molar refractivity (Wildman–Crippen MR) is 92.6 cm³/mol. The second-order valence-corrected chi connectivity index (χ2v) is 7.02. The Morgan fingerprint density at radius 2 is 2.00 bits per heavy atom. The highest BCUT2D eigenvalue weighted by atomic mass is 19.1.